The summed E-state index contributed by atoms with van der Waals surface area (Å²) in [5, 5.41) is 3.23. The van der Waals surface area contributed by atoms with E-state index in [1.165, 1.54) is 7.11 Å². The van der Waals surface area contributed by atoms with Gasteiger partial charge >= 0.3 is 5.97 Å². The molecule has 1 unspecified atom stereocenters. The third-order valence-electron chi connectivity index (χ3n) is 2.77. The molecule has 2 heterocycles. The van der Waals surface area contributed by atoms with Gasteiger partial charge in [-0.25, -0.2) is 4.79 Å². The van der Waals surface area contributed by atoms with Gasteiger partial charge in [0.15, 0.2) is 5.88 Å². The molecule has 16 heavy (non-hydrogen) atoms. The third-order valence-corrected chi connectivity index (χ3v) is 2.77. The van der Waals surface area contributed by atoms with E-state index in [2.05, 4.69) is 10.1 Å². The number of nitrogens with zero attached hydrogens (tertiary/aromatic N) is 1. The van der Waals surface area contributed by atoms with Crippen molar-refractivity contribution in [1.29, 1.82) is 0 Å². The molecule has 0 bridgehead atoms. The van der Waals surface area contributed by atoms with Gasteiger partial charge in [0.1, 0.15) is 11.8 Å². The molecule has 1 saturated heterocycles. The molecule has 1 aromatic rings. The predicted molar refractivity (Wildman–Crippen MR) is 58.7 cm³/mol. The number of esters is 1. The Kier molecular flexibility index (Phi) is 3.14. The molecule has 0 saturated carbocycles. The Labute approximate surface area is 94.3 Å². The van der Waals surface area contributed by atoms with Crippen molar-refractivity contribution in [2.24, 2.45) is 7.05 Å². The monoisotopic (exact) mass is 224 g/mol. The molecule has 0 radical (unpaired) electrons. The summed E-state index contributed by atoms with van der Waals surface area (Å²) in [6.07, 6.45) is 1.19. The van der Waals surface area contributed by atoms with Crippen molar-refractivity contribution < 1.29 is 14.3 Å². The summed E-state index contributed by atoms with van der Waals surface area (Å²) in [5.74, 6) is 0.357. The smallest absolute Gasteiger partial charge is 0.354 e. The van der Waals surface area contributed by atoms with E-state index < -0.39 is 0 Å². The maximum absolute atomic E-state index is 11.4. The minimum Gasteiger partial charge on any atom is -0.474 e. The quantitative estimate of drug-likeness (QED) is 0.762. The molecule has 1 atom stereocenters. The van der Waals surface area contributed by atoms with Gasteiger partial charge in [0.25, 0.3) is 0 Å². The summed E-state index contributed by atoms with van der Waals surface area (Å²) in [7, 11) is 3.17. The van der Waals surface area contributed by atoms with Crippen LogP contribution in [0.4, 0.5) is 0 Å². The lowest BCUT2D eigenvalue weighted by Gasteiger charge is -2.13. The Hall–Kier alpha value is -1.49. The zero-order valence-electron chi connectivity index (χ0n) is 9.53. The summed E-state index contributed by atoms with van der Waals surface area (Å²) in [5.41, 5.74) is 0.503. The molecule has 0 aromatic carbocycles. The fourth-order valence-electron chi connectivity index (χ4n) is 1.82. The lowest BCUT2D eigenvalue weighted by molar-refractivity contribution is 0.0587. The first kappa shape index (κ1) is 11.0. The van der Waals surface area contributed by atoms with Crippen molar-refractivity contribution in [1.82, 2.24) is 9.88 Å². The van der Waals surface area contributed by atoms with Gasteiger partial charge in [-0.15, -0.1) is 0 Å². The van der Waals surface area contributed by atoms with E-state index in [4.69, 9.17) is 4.74 Å². The van der Waals surface area contributed by atoms with Crippen LogP contribution in [0.3, 0.4) is 0 Å². The van der Waals surface area contributed by atoms with Crippen LogP contribution < -0.4 is 10.1 Å². The number of methoxy groups -OCH3 is 1. The highest BCUT2D eigenvalue weighted by atomic mass is 16.5. The second-order valence-corrected chi connectivity index (χ2v) is 3.84. The first-order valence-corrected chi connectivity index (χ1v) is 5.34. The molecule has 5 heteroatoms. The van der Waals surface area contributed by atoms with E-state index in [1.54, 1.807) is 23.7 Å². The Bertz CT molecular complexity index is 381. The molecule has 1 aliphatic heterocycles. The van der Waals surface area contributed by atoms with Gasteiger partial charge in [-0.05, 0) is 19.0 Å². The number of hydrogen-bond donors (Lipinski definition) is 1. The molecule has 1 fully saturated rings. The molecular formula is C11H16N2O3. The van der Waals surface area contributed by atoms with Crippen LogP contribution in [0.25, 0.3) is 0 Å². The number of carbonyl (C=O) groups excluding carboxylic acids is 1. The zero-order valence-corrected chi connectivity index (χ0v) is 9.53. The van der Waals surface area contributed by atoms with Gasteiger partial charge in [0, 0.05) is 19.7 Å². The summed E-state index contributed by atoms with van der Waals surface area (Å²) in [4.78, 5) is 11.4. The average molecular weight is 224 g/mol. The first-order chi connectivity index (χ1) is 7.72. The second kappa shape index (κ2) is 4.57. The summed E-state index contributed by atoms with van der Waals surface area (Å²) >= 11 is 0. The lowest BCUT2D eigenvalue weighted by atomic mass is 10.3. The average Bonchev–Trinajstić information content (AvgIpc) is 2.90. The summed E-state index contributed by atoms with van der Waals surface area (Å²) < 4.78 is 12.2. The van der Waals surface area contributed by atoms with Crippen LogP contribution in [0, 0.1) is 0 Å². The van der Waals surface area contributed by atoms with E-state index in [0.29, 0.717) is 11.6 Å². The van der Waals surface area contributed by atoms with Crippen LogP contribution in [0.15, 0.2) is 12.1 Å². The fraction of sp³-hybridized carbons (Fsp3) is 0.545. The Morgan fingerprint density at radius 3 is 3.00 bits per heavy atom. The lowest BCUT2D eigenvalue weighted by Crippen LogP contribution is -2.21. The SMILES string of the molecule is COC(=O)c1ccc(OC2CCNC2)n1C. The molecule has 0 aliphatic carbocycles. The fourth-order valence-corrected chi connectivity index (χ4v) is 1.82. The summed E-state index contributed by atoms with van der Waals surface area (Å²) in [6, 6.07) is 3.51. The van der Waals surface area contributed by atoms with Gasteiger partial charge in [-0.2, -0.15) is 0 Å². The number of ether oxygens (including phenoxy) is 2. The summed E-state index contributed by atoms with van der Waals surface area (Å²) in [6.45, 7) is 1.84. The van der Waals surface area contributed by atoms with E-state index in [9.17, 15) is 4.79 Å². The van der Waals surface area contributed by atoms with Crippen LogP contribution in [0.2, 0.25) is 0 Å². The maximum atomic E-state index is 11.4. The highest BCUT2D eigenvalue weighted by Gasteiger charge is 2.19. The molecular weight excluding hydrogens is 208 g/mol. The number of hydrogen-bond acceptors (Lipinski definition) is 4. The topological polar surface area (TPSA) is 52.5 Å². The van der Waals surface area contributed by atoms with Crippen molar-refractivity contribution in [2.75, 3.05) is 20.2 Å². The molecule has 1 aromatic heterocycles. The largest absolute Gasteiger partial charge is 0.474 e. The van der Waals surface area contributed by atoms with Crippen molar-refractivity contribution in [2.45, 2.75) is 12.5 Å². The highest BCUT2D eigenvalue weighted by molar-refractivity contribution is 5.88. The van der Waals surface area contributed by atoms with Crippen LogP contribution in [0.1, 0.15) is 16.9 Å². The molecule has 1 aliphatic rings. The molecule has 5 nitrogen and oxygen atoms in total. The number of rotatable bonds is 3. The van der Waals surface area contributed by atoms with E-state index in [1.807, 2.05) is 0 Å². The van der Waals surface area contributed by atoms with E-state index in [0.717, 1.165) is 19.5 Å². The third kappa shape index (κ3) is 2.04. The van der Waals surface area contributed by atoms with E-state index >= 15 is 0 Å². The Balaban J connectivity index is 2.10. The molecule has 88 valence electrons. The van der Waals surface area contributed by atoms with Crippen molar-refractivity contribution in [3.8, 4) is 5.88 Å². The van der Waals surface area contributed by atoms with Gasteiger partial charge < -0.3 is 19.4 Å². The van der Waals surface area contributed by atoms with Crippen LogP contribution >= 0.6 is 0 Å². The molecule has 0 spiro atoms. The normalized spacial score (nSPS) is 19.8. The van der Waals surface area contributed by atoms with Gasteiger partial charge in [-0.3, -0.25) is 0 Å². The van der Waals surface area contributed by atoms with Gasteiger partial charge in [0.05, 0.1) is 7.11 Å². The predicted octanol–water partition coefficient (Wildman–Crippen LogP) is 0.552. The molecule has 1 N–H and O–H groups in total. The standard InChI is InChI=1S/C11H16N2O3/c1-13-9(11(14)15-2)3-4-10(13)16-8-5-6-12-7-8/h3-4,8,12H,5-7H2,1-2H3. The van der Waals surface area contributed by atoms with E-state index in [-0.39, 0.29) is 12.1 Å². The number of nitrogens with one attached hydrogen (secondary N) is 1. The second-order valence-electron chi connectivity index (χ2n) is 3.84. The van der Waals surface area contributed by atoms with Crippen LogP contribution in [0.5, 0.6) is 5.88 Å². The minimum absolute atomic E-state index is 0.194. The van der Waals surface area contributed by atoms with Crippen LogP contribution in [-0.4, -0.2) is 36.8 Å². The molecule has 0 amide bonds. The Morgan fingerprint density at radius 2 is 2.38 bits per heavy atom. The number of aromatic nitrogens is 1. The maximum Gasteiger partial charge on any atom is 0.354 e. The van der Waals surface area contributed by atoms with Crippen molar-refractivity contribution >= 4 is 5.97 Å². The van der Waals surface area contributed by atoms with Gasteiger partial charge in [0.2, 0.25) is 0 Å². The number of carbonyl (C=O) groups is 1. The molecule has 2 rings (SSSR count). The zero-order chi connectivity index (χ0) is 11.5. The highest BCUT2D eigenvalue weighted by Crippen LogP contribution is 2.18. The van der Waals surface area contributed by atoms with Crippen molar-refractivity contribution in [3.05, 3.63) is 17.8 Å². The van der Waals surface area contributed by atoms with Crippen LogP contribution in [-0.2, 0) is 11.8 Å². The van der Waals surface area contributed by atoms with Gasteiger partial charge in [-0.1, -0.05) is 0 Å². The van der Waals surface area contributed by atoms with Crippen molar-refractivity contribution in [3.63, 3.8) is 0 Å². The Morgan fingerprint density at radius 1 is 1.56 bits per heavy atom. The minimum atomic E-state index is -0.345. The first-order valence-electron chi connectivity index (χ1n) is 5.34.